The summed E-state index contributed by atoms with van der Waals surface area (Å²) in [6.07, 6.45) is 2.71. The van der Waals surface area contributed by atoms with Crippen molar-refractivity contribution in [2.75, 3.05) is 6.54 Å². The minimum atomic E-state index is -0.714. The van der Waals surface area contributed by atoms with Crippen molar-refractivity contribution < 1.29 is 23.3 Å². The number of likely N-dealkylation sites (tertiary alicyclic amines) is 1. The van der Waals surface area contributed by atoms with Crippen LogP contribution in [0.4, 0.5) is 5.88 Å². The topological polar surface area (TPSA) is 119 Å². The largest absolute Gasteiger partial charge is 0.467 e. The summed E-state index contributed by atoms with van der Waals surface area (Å²) in [6.45, 7) is 0.628. The molecular weight excluding hydrogens is 318 g/mol. The SMILES string of the molecule is O=C(NCc1ccco1)[C@@H]1CCCN1C(=O)c1ccc([N+](=O)[O-])o1. The lowest BCUT2D eigenvalue weighted by molar-refractivity contribution is -0.402. The molecule has 1 N–H and O–H groups in total. The number of carbonyl (C=O) groups excluding carboxylic acids is 2. The van der Waals surface area contributed by atoms with Crippen molar-refractivity contribution in [3.05, 3.63) is 52.2 Å². The van der Waals surface area contributed by atoms with Crippen LogP contribution in [0.25, 0.3) is 0 Å². The van der Waals surface area contributed by atoms with Crippen LogP contribution in [0.2, 0.25) is 0 Å². The Hall–Kier alpha value is -3.10. The van der Waals surface area contributed by atoms with Crippen LogP contribution in [0.3, 0.4) is 0 Å². The van der Waals surface area contributed by atoms with Gasteiger partial charge in [-0.2, -0.15) is 0 Å². The molecule has 0 spiro atoms. The summed E-state index contributed by atoms with van der Waals surface area (Å²) in [5.74, 6) is -0.860. The fourth-order valence-corrected chi connectivity index (χ4v) is 2.67. The highest BCUT2D eigenvalue weighted by atomic mass is 16.6. The molecule has 9 nitrogen and oxygen atoms in total. The summed E-state index contributed by atoms with van der Waals surface area (Å²) in [5, 5.41) is 13.4. The van der Waals surface area contributed by atoms with Crippen molar-refractivity contribution in [2.24, 2.45) is 0 Å². The van der Waals surface area contributed by atoms with Gasteiger partial charge in [-0.25, -0.2) is 0 Å². The van der Waals surface area contributed by atoms with Gasteiger partial charge in [0.05, 0.1) is 18.9 Å². The van der Waals surface area contributed by atoms with Crippen molar-refractivity contribution in [2.45, 2.75) is 25.4 Å². The highest BCUT2D eigenvalue weighted by molar-refractivity contribution is 5.96. The summed E-state index contributed by atoms with van der Waals surface area (Å²) in [7, 11) is 0. The van der Waals surface area contributed by atoms with Crippen LogP contribution in [-0.2, 0) is 11.3 Å². The lowest BCUT2D eigenvalue weighted by Gasteiger charge is -2.22. The van der Waals surface area contributed by atoms with Crippen LogP contribution in [0, 0.1) is 10.1 Å². The average molecular weight is 333 g/mol. The number of furan rings is 2. The van der Waals surface area contributed by atoms with Crippen LogP contribution in [0.15, 0.2) is 39.4 Å². The Bertz CT molecular complexity index is 751. The average Bonchev–Trinajstić information content (AvgIpc) is 3.33. The summed E-state index contributed by atoms with van der Waals surface area (Å²) >= 11 is 0. The van der Waals surface area contributed by atoms with Gasteiger partial charge in [0.15, 0.2) is 5.76 Å². The second-order valence-corrected chi connectivity index (χ2v) is 5.35. The fraction of sp³-hybridized carbons (Fsp3) is 0.333. The van der Waals surface area contributed by atoms with E-state index in [1.807, 2.05) is 0 Å². The highest BCUT2D eigenvalue weighted by Crippen LogP contribution is 2.23. The Morgan fingerprint density at radius 2 is 2.21 bits per heavy atom. The first-order valence-electron chi connectivity index (χ1n) is 7.41. The van der Waals surface area contributed by atoms with Crippen LogP contribution < -0.4 is 5.32 Å². The van der Waals surface area contributed by atoms with Gasteiger partial charge in [-0.3, -0.25) is 19.7 Å². The van der Waals surface area contributed by atoms with Gasteiger partial charge in [-0.1, -0.05) is 0 Å². The minimum Gasteiger partial charge on any atom is -0.467 e. The second kappa shape index (κ2) is 6.57. The molecule has 2 amide bonds. The van der Waals surface area contributed by atoms with Crippen molar-refractivity contribution in [3.8, 4) is 0 Å². The van der Waals surface area contributed by atoms with E-state index >= 15 is 0 Å². The van der Waals surface area contributed by atoms with E-state index in [0.29, 0.717) is 25.1 Å². The smallest absolute Gasteiger partial charge is 0.433 e. The molecule has 1 aliphatic rings. The van der Waals surface area contributed by atoms with Gasteiger partial charge in [0.2, 0.25) is 5.91 Å². The third-order valence-corrected chi connectivity index (χ3v) is 3.82. The predicted octanol–water partition coefficient (Wildman–Crippen LogP) is 1.70. The maximum atomic E-state index is 12.4. The van der Waals surface area contributed by atoms with E-state index in [1.165, 1.54) is 17.2 Å². The molecule has 0 bridgehead atoms. The monoisotopic (exact) mass is 333 g/mol. The fourth-order valence-electron chi connectivity index (χ4n) is 2.67. The Morgan fingerprint density at radius 1 is 1.38 bits per heavy atom. The van der Waals surface area contributed by atoms with E-state index < -0.39 is 22.8 Å². The van der Waals surface area contributed by atoms with Gasteiger partial charge in [0.1, 0.15) is 16.7 Å². The molecule has 126 valence electrons. The minimum absolute atomic E-state index is 0.146. The third-order valence-electron chi connectivity index (χ3n) is 3.82. The molecule has 2 aromatic heterocycles. The molecule has 3 heterocycles. The maximum Gasteiger partial charge on any atom is 0.433 e. The zero-order chi connectivity index (χ0) is 17.1. The molecule has 3 rings (SSSR count). The summed E-state index contributed by atoms with van der Waals surface area (Å²) in [6, 6.07) is 5.19. The standard InChI is InChI=1S/C15H15N3O6/c19-14(16-9-10-3-2-8-23-10)11-4-1-7-17(11)15(20)12-5-6-13(24-12)18(21)22/h2-3,5-6,8,11H,1,4,7,9H2,(H,16,19)/t11-/m0/s1. The number of nitrogens with one attached hydrogen (secondary N) is 1. The van der Waals surface area contributed by atoms with Crippen LogP contribution in [-0.4, -0.2) is 34.2 Å². The molecule has 0 saturated carbocycles. The number of rotatable bonds is 5. The predicted molar refractivity (Wildman–Crippen MR) is 80.0 cm³/mol. The molecular formula is C15H15N3O6. The molecule has 24 heavy (non-hydrogen) atoms. The number of hydrogen-bond donors (Lipinski definition) is 1. The number of nitrogens with zero attached hydrogens (tertiary/aromatic N) is 2. The Kier molecular flexibility index (Phi) is 4.32. The van der Waals surface area contributed by atoms with Crippen LogP contribution >= 0.6 is 0 Å². The van der Waals surface area contributed by atoms with Gasteiger partial charge in [-0.05, 0) is 31.0 Å². The first kappa shape index (κ1) is 15.8. The number of carbonyl (C=O) groups is 2. The molecule has 2 aromatic rings. The number of amides is 2. The molecule has 1 fully saturated rings. The van der Waals surface area contributed by atoms with Gasteiger partial charge in [0.25, 0.3) is 5.91 Å². The van der Waals surface area contributed by atoms with Crippen LogP contribution in [0.5, 0.6) is 0 Å². The van der Waals surface area contributed by atoms with E-state index in [2.05, 4.69) is 5.32 Å². The van der Waals surface area contributed by atoms with Gasteiger partial charge >= 0.3 is 5.88 Å². The zero-order valence-corrected chi connectivity index (χ0v) is 12.6. The van der Waals surface area contributed by atoms with E-state index in [4.69, 9.17) is 8.83 Å². The molecule has 0 aliphatic carbocycles. The van der Waals surface area contributed by atoms with Crippen molar-refractivity contribution in [3.63, 3.8) is 0 Å². The van der Waals surface area contributed by atoms with Crippen molar-refractivity contribution in [1.29, 1.82) is 0 Å². The molecule has 1 atom stereocenters. The van der Waals surface area contributed by atoms with Crippen molar-refractivity contribution in [1.82, 2.24) is 10.2 Å². The maximum absolute atomic E-state index is 12.4. The van der Waals surface area contributed by atoms with Gasteiger partial charge in [-0.15, -0.1) is 0 Å². The lowest BCUT2D eigenvalue weighted by Crippen LogP contribution is -2.45. The van der Waals surface area contributed by atoms with E-state index in [0.717, 1.165) is 6.07 Å². The van der Waals surface area contributed by atoms with E-state index in [9.17, 15) is 19.7 Å². The molecule has 0 radical (unpaired) electrons. The van der Waals surface area contributed by atoms with Gasteiger partial charge in [0, 0.05) is 6.54 Å². The lowest BCUT2D eigenvalue weighted by atomic mass is 10.2. The Labute approximate surface area is 136 Å². The normalized spacial score (nSPS) is 17.0. The Balaban J connectivity index is 1.66. The van der Waals surface area contributed by atoms with Gasteiger partial charge < -0.3 is 19.1 Å². The van der Waals surface area contributed by atoms with E-state index in [1.54, 1.807) is 12.1 Å². The van der Waals surface area contributed by atoms with Crippen LogP contribution in [0.1, 0.15) is 29.2 Å². The summed E-state index contributed by atoms with van der Waals surface area (Å²) in [4.78, 5) is 36.1. The molecule has 1 aliphatic heterocycles. The highest BCUT2D eigenvalue weighted by Gasteiger charge is 2.36. The molecule has 0 aromatic carbocycles. The summed E-state index contributed by atoms with van der Waals surface area (Å²) < 4.78 is 10.1. The molecule has 1 saturated heterocycles. The van der Waals surface area contributed by atoms with E-state index in [-0.39, 0.29) is 18.2 Å². The Morgan fingerprint density at radius 3 is 2.88 bits per heavy atom. The molecule has 9 heteroatoms. The first-order chi connectivity index (χ1) is 11.6. The number of nitro groups is 1. The zero-order valence-electron chi connectivity index (χ0n) is 12.6. The van der Waals surface area contributed by atoms with Crippen molar-refractivity contribution >= 4 is 17.7 Å². The third kappa shape index (κ3) is 3.14. The molecule has 0 unspecified atom stereocenters. The summed E-state index contributed by atoms with van der Waals surface area (Å²) in [5.41, 5.74) is 0. The quantitative estimate of drug-likeness (QED) is 0.657. The second-order valence-electron chi connectivity index (χ2n) is 5.35. The first-order valence-corrected chi connectivity index (χ1v) is 7.41. The number of hydrogen-bond acceptors (Lipinski definition) is 6.